The standard InChI is InChI=1S/C17H18N4O4S2/c1-10-2-3-12-14(8-10)26-17(18-12)19-16(23)13-4-5-15(22)21(20-13)11-6-7-27(24,25)9-11/h2-3,8,11H,4-7,9H2,1H3,(H,18,19,23). The fourth-order valence-electron chi connectivity index (χ4n) is 3.24. The predicted molar refractivity (Wildman–Crippen MR) is 104 cm³/mol. The molecule has 2 aliphatic heterocycles. The number of sulfone groups is 1. The number of anilines is 1. The molecule has 0 radical (unpaired) electrons. The molecule has 1 aromatic carbocycles. The molecule has 8 nitrogen and oxygen atoms in total. The lowest BCUT2D eigenvalue weighted by molar-refractivity contribution is -0.133. The molecular formula is C17H18N4O4S2. The van der Waals surface area contributed by atoms with E-state index in [1.165, 1.54) is 16.3 Å². The summed E-state index contributed by atoms with van der Waals surface area (Å²) >= 11 is 1.37. The molecule has 3 heterocycles. The Morgan fingerprint density at radius 3 is 2.89 bits per heavy atom. The van der Waals surface area contributed by atoms with Gasteiger partial charge in [0.15, 0.2) is 15.0 Å². The van der Waals surface area contributed by atoms with Crippen LogP contribution in [0.4, 0.5) is 5.13 Å². The second-order valence-electron chi connectivity index (χ2n) is 6.79. The average molecular weight is 406 g/mol. The number of aryl methyl sites for hydroxylation is 1. The number of hydrazone groups is 1. The molecule has 1 N–H and O–H groups in total. The molecule has 142 valence electrons. The Hall–Kier alpha value is -2.33. The van der Waals surface area contributed by atoms with Gasteiger partial charge in [-0.1, -0.05) is 17.4 Å². The van der Waals surface area contributed by atoms with Crippen LogP contribution in [0.3, 0.4) is 0 Å². The van der Waals surface area contributed by atoms with Crippen LogP contribution in [0.25, 0.3) is 10.2 Å². The molecule has 4 rings (SSSR count). The third-order valence-electron chi connectivity index (χ3n) is 4.64. The zero-order chi connectivity index (χ0) is 19.2. The normalized spacial score (nSPS) is 22.1. The van der Waals surface area contributed by atoms with Gasteiger partial charge in [0.25, 0.3) is 5.91 Å². The fourth-order valence-corrected chi connectivity index (χ4v) is 5.89. The predicted octanol–water partition coefficient (Wildman–Crippen LogP) is 1.71. The number of carbonyl (C=O) groups excluding carboxylic acids is 2. The lowest BCUT2D eigenvalue weighted by Crippen LogP contribution is -2.42. The molecule has 2 aliphatic rings. The van der Waals surface area contributed by atoms with Gasteiger partial charge in [-0.2, -0.15) is 5.10 Å². The van der Waals surface area contributed by atoms with Gasteiger partial charge in [-0.25, -0.2) is 18.4 Å². The summed E-state index contributed by atoms with van der Waals surface area (Å²) in [5.41, 5.74) is 2.13. The van der Waals surface area contributed by atoms with Gasteiger partial charge < -0.3 is 0 Å². The number of benzene rings is 1. The molecule has 0 bridgehead atoms. The Labute approximate surface area is 160 Å². The van der Waals surface area contributed by atoms with Crippen LogP contribution >= 0.6 is 11.3 Å². The van der Waals surface area contributed by atoms with Crippen molar-refractivity contribution < 1.29 is 18.0 Å². The highest BCUT2D eigenvalue weighted by Crippen LogP contribution is 2.27. The first-order valence-electron chi connectivity index (χ1n) is 8.59. The highest BCUT2D eigenvalue weighted by Gasteiger charge is 2.37. The molecule has 1 aromatic heterocycles. The molecule has 2 aromatic rings. The van der Waals surface area contributed by atoms with Crippen molar-refractivity contribution in [2.75, 3.05) is 16.8 Å². The van der Waals surface area contributed by atoms with E-state index in [9.17, 15) is 18.0 Å². The zero-order valence-electron chi connectivity index (χ0n) is 14.6. The highest BCUT2D eigenvalue weighted by molar-refractivity contribution is 7.91. The molecule has 2 amide bonds. The summed E-state index contributed by atoms with van der Waals surface area (Å²) in [5.74, 6) is -0.717. The molecule has 0 saturated carbocycles. The lowest BCUT2D eigenvalue weighted by atomic mass is 10.1. The second kappa shape index (κ2) is 6.68. The Morgan fingerprint density at radius 1 is 1.33 bits per heavy atom. The Balaban J connectivity index is 1.53. The van der Waals surface area contributed by atoms with Gasteiger partial charge in [-0.15, -0.1) is 0 Å². The van der Waals surface area contributed by atoms with Crippen LogP contribution in [-0.2, 0) is 19.4 Å². The van der Waals surface area contributed by atoms with Crippen molar-refractivity contribution in [3.8, 4) is 0 Å². The number of nitrogens with one attached hydrogen (secondary N) is 1. The van der Waals surface area contributed by atoms with Gasteiger partial charge in [-0.3, -0.25) is 14.9 Å². The topological polar surface area (TPSA) is 109 Å². The second-order valence-corrected chi connectivity index (χ2v) is 10.0. The van der Waals surface area contributed by atoms with Crippen LogP contribution in [0.2, 0.25) is 0 Å². The van der Waals surface area contributed by atoms with E-state index in [2.05, 4.69) is 15.4 Å². The van der Waals surface area contributed by atoms with Gasteiger partial charge in [0.1, 0.15) is 5.71 Å². The number of aromatic nitrogens is 1. The number of hydrogen-bond donors (Lipinski definition) is 1. The minimum atomic E-state index is -3.14. The Kier molecular flexibility index (Phi) is 4.47. The Bertz CT molecular complexity index is 1070. The summed E-state index contributed by atoms with van der Waals surface area (Å²) < 4.78 is 24.3. The molecule has 1 fully saturated rings. The van der Waals surface area contributed by atoms with Crippen LogP contribution in [0.5, 0.6) is 0 Å². The summed E-state index contributed by atoms with van der Waals surface area (Å²) in [6.45, 7) is 1.99. The molecule has 27 heavy (non-hydrogen) atoms. The molecular weight excluding hydrogens is 388 g/mol. The van der Waals surface area contributed by atoms with Gasteiger partial charge in [0, 0.05) is 12.8 Å². The third kappa shape index (κ3) is 3.72. The fraction of sp³-hybridized carbons (Fsp3) is 0.412. The van der Waals surface area contributed by atoms with Gasteiger partial charge in [-0.05, 0) is 31.0 Å². The van der Waals surface area contributed by atoms with E-state index in [0.29, 0.717) is 11.6 Å². The van der Waals surface area contributed by atoms with Crippen LogP contribution in [0, 0.1) is 6.92 Å². The molecule has 1 saturated heterocycles. The summed E-state index contributed by atoms with van der Waals surface area (Å²) in [6.07, 6.45) is 0.718. The van der Waals surface area contributed by atoms with E-state index in [1.54, 1.807) is 0 Å². The van der Waals surface area contributed by atoms with E-state index in [4.69, 9.17) is 0 Å². The zero-order valence-corrected chi connectivity index (χ0v) is 16.3. The summed E-state index contributed by atoms with van der Waals surface area (Å²) in [7, 11) is -3.14. The smallest absolute Gasteiger partial charge is 0.273 e. The van der Waals surface area contributed by atoms with E-state index >= 15 is 0 Å². The minimum absolute atomic E-state index is 0.0453. The van der Waals surface area contributed by atoms with Crippen molar-refractivity contribution in [3.05, 3.63) is 23.8 Å². The molecule has 10 heteroatoms. The largest absolute Gasteiger partial charge is 0.297 e. The van der Waals surface area contributed by atoms with E-state index in [-0.39, 0.29) is 36.0 Å². The van der Waals surface area contributed by atoms with Crippen LogP contribution in [0.15, 0.2) is 23.3 Å². The molecule has 1 atom stereocenters. The van der Waals surface area contributed by atoms with E-state index < -0.39 is 21.8 Å². The summed E-state index contributed by atoms with van der Waals surface area (Å²) in [4.78, 5) is 29.1. The lowest BCUT2D eigenvalue weighted by Gasteiger charge is -2.27. The van der Waals surface area contributed by atoms with Crippen molar-refractivity contribution in [1.82, 2.24) is 9.99 Å². The minimum Gasteiger partial charge on any atom is -0.297 e. The molecule has 1 unspecified atom stereocenters. The van der Waals surface area contributed by atoms with Crippen LogP contribution in [0.1, 0.15) is 24.8 Å². The average Bonchev–Trinajstić information content (AvgIpc) is 3.16. The third-order valence-corrected chi connectivity index (χ3v) is 7.32. The van der Waals surface area contributed by atoms with Crippen molar-refractivity contribution in [3.63, 3.8) is 0 Å². The van der Waals surface area contributed by atoms with E-state index in [0.717, 1.165) is 15.8 Å². The Morgan fingerprint density at radius 2 is 2.15 bits per heavy atom. The number of thiazole rings is 1. The van der Waals surface area contributed by atoms with Crippen LogP contribution < -0.4 is 5.32 Å². The SMILES string of the molecule is Cc1ccc2nc(NC(=O)C3=NN(C4CCS(=O)(=O)C4)C(=O)CC3)sc2c1. The maximum Gasteiger partial charge on any atom is 0.273 e. The monoisotopic (exact) mass is 406 g/mol. The van der Waals surface area contributed by atoms with Crippen molar-refractivity contribution in [2.24, 2.45) is 5.10 Å². The number of amides is 2. The van der Waals surface area contributed by atoms with Crippen molar-refractivity contribution in [2.45, 2.75) is 32.2 Å². The first-order chi connectivity index (χ1) is 12.8. The first-order valence-corrected chi connectivity index (χ1v) is 11.2. The number of rotatable bonds is 3. The quantitative estimate of drug-likeness (QED) is 0.835. The van der Waals surface area contributed by atoms with Gasteiger partial charge in [0.2, 0.25) is 5.91 Å². The van der Waals surface area contributed by atoms with Crippen LogP contribution in [-0.4, -0.2) is 53.5 Å². The van der Waals surface area contributed by atoms with Crippen molar-refractivity contribution >= 4 is 54.0 Å². The number of carbonyl (C=O) groups is 2. The first kappa shape index (κ1) is 18.1. The van der Waals surface area contributed by atoms with Crippen molar-refractivity contribution in [1.29, 1.82) is 0 Å². The number of fused-ring (bicyclic) bond motifs is 1. The molecule has 0 aliphatic carbocycles. The van der Waals surface area contributed by atoms with Gasteiger partial charge >= 0.3 is 0 Å². The maximum atomic E-state index is 12.6. The number of hydrogen-bond acceptors (Lipinski definition) is 7. The summed E-state index contributed by atoms with van der Waals surface area (Å²) in [5, 5.41) is 8.57. The maximum absolute atomic E-state index is 12.6. The highest BCUT2D eigenvalue weighted by atomic mass is 32.2. The molecule has 0 spiro atoms. The van der Waals surface area contributed by atoms with Gasteiger partial charge in [0.05, 0.1) is 27.8 Å². The number of nitrogens with zero attached hydrogens (tertiary/aromatic N) is 3. The summed E-state index contributed by atoms with van der Waals surface area (Å²) in [6, 6.07) is 5.37. The van der Waals surface area contributed by atoms with E-state index in [1.807, 2.05) is 25.1 Å².